The third kappa shape index (κ3) is 4.58. The molecule has 7 aromatic rings. The zero-order valence-electron chi connectivity index (χ0n) is 23.8. The lowest BCUT2D eigenvalue weighted by molar-refractivity contribution is 0.484. The Balaban J connectivity index is 1.35. The van der Waals surface area contributed by atoms with E-state index in [4.69, 9.17) is 16.3 Å². The van der Waals surface area contributed by atoms with Gasteiger partial charge in [0.05, 0.1) is 28.0 Å². The van der Waals surface area contributed by atoms with Crippen LogP contribution in [0.25, 0.3) is 53.8 Å². The Labute approximate surface area is 248 Å². The van der Waals surface area contributed by atoms with Crippen LogP contribution in [0.4, 0.5) is 5.69 Å². The fraction of sp³-hybridized carbons (Fsp3) is 0.139. The predicted molar refractivity (Wildman–Crippen MR) is 173 cm³/mol. The molecule has 0 fully saturated rings. The van der Waals surface area contributed by atoms with Gasteiger partial charge in [-0.05, 0) is 95.6 Å². The van der Waals surface area contributed by atoms with Crippen LogP contribution in [0, 0.1) is 13.5 Å². The van der Waals surface area contributed by atoms with E-state index in [2.05, 4.69) is 84.6 Å². The summed E-state index contributed by atoms with van der Waals surface area (Å²) in [5, 5.41) is 3.46. The number of rotatable bonds is 4. The lowest BCUT2D eigenvalue weighted by atomic mass is 9.86. The number of pyridine rings is 2. The highest BCUT2D eigenvalue weighted by atomic mass is 32.1. The van der Waals surface area contributed by atoms with Crippen LogP contribution in [0.2, 0.25) is 0 Å². The zero-order valence-corrected chi connectivity index (χ0v) is 24.7. The lowest BCUT2D eigenvalue weighted by Crippen LogP contribution is -2.10. The molecule has 0 aliphatic heterocycles. The molecule has 7 rings (SSSR count). The Morgan fingerprint density at radius 2 is 1.71 bits per heavy atom. The minimum absolute atomic E-state index is 0.0317. The van der Waals surface area contributed by atoms with Crippen molar-refractivity contribution < 1.29 is 4.74 Å². The van der Waals surface area contributed by atoms with Crippen molar-refractivity contribution in [1.29, 1.82) is 0 Å². The van der Waals surface area contributed by atoms with Crippen LogP contribution in [0.5, 0.6) is 11.5 Å². The van der Waals surface area contributed by atoms with Crippen molar-refractivity contribution >= 4 is 48.9 Å². The highest BCUT2D eigenvalue weighted by molar-refractivity contribution is 7.18. The quantitative estimate of drug-likeness (QED) is 0.200. The van der Waals surface area contributed by atoms with Gasteiger partial charge in [-0.3, -0.25) is 9.55 Å². The minimum Gasteiger partial charge on any atom is -0.459 e. The Bertz CT molecular complexity index is 2180. The van der Waals surface area contributed by atoms with Crippen molar-refractivity contribution in [2.24, 2.45) is 0 Å². The first kappa shape index (κ1) is 25.9. The van der Waals surface area contributed by atoms with Gasteiger partial charge in [0, 0.05) is 34.1 Å². The molecule has 0 aliphatic rings. The van der Waals surface area contributed by atoms with Crippen LogP contribution >= 0.6 is 11.3 Å². The highest BCUT2D eigenvalue weighted by Gasteiger charge is 2.19. The summed E-state index contributed by atoms with van der Waals surface area (Å²) >= 11 is 1.73. The van der Waals surface area contributed by atoms with E-state index in [0.717, 1.165) is 43.6 Å². The number of thiophene rings is 1. The van der Waals surface area contributed by atoms with E-state index in [1.165, 1.54) is 15.8 Å². The first-order chi connectivity index (χ1) is 20.3. The molecule has 0 unspecified atom stereocenters. The molecule has 0 saturated heterocycles. The van der Waals surface area contributed by atoms with Crippen LogP contribution in [-0.2, 0) is 5.41 Å². The third-order valence-electron chi connectivity index (χ3n) is 7.56. The average Bonchev–Trinajstić information content (AvgIpc) is 3.52. The van der Waals surface area contributed by atoms with Crippen molar-refractivity contribution in [1.82, 2.24) is 14.5 Å². The normalized spacial score (nSPS) is 11.8. The summed E-state index contributed by atoms with van der Waals surface area (Å²) in [5.41, 5.74) is 5.58. The third-order valence-corrected chi connectivity index (χ3v) is 8.56. The highest BCUT2D eigenvalue weighted by Crippen LogP contribution is 2.39. The second kappa shape index (κ2) is 9.83. The van der Waals surface area contributed by atoms with E-state index in [1.54, 1.807) is 17.4 Å². The van der Waals surface area contributed by atoms with Gasteiger partial charge in [-0.15, -0.1) is 11.3 Å². The molecular weight excluding hydrogens is 536 g/mol. The molecular formula is C36H28N4OS. The molecule has 0 atom stereocenters. The molecule has 4 heterocycles. The second-order valence-electron chi connectivity index (χ2n) is 11.6. The number of hydrogen-bond donors (Lipinski definition) is 0. The van der Waals surface area contributed by atoms with E-state index in [0.29, 0.717) is 17.2 Å². The summed E-state index contributed by atoms with van der Waals surface area (Å²) in [6.07, 6.45) is 3.72. The Hall–Kier alpha value is -4.99. The number of aryl methyl sites for hydroxylation is 1. The molecule has 0 amide bonds. The van der Waals surface area contributed by atoms with E-state index < -0.39 is 0 Å². The van der Waals surface area contributed by atoms with Gasteiger partial charge in [0.1, 0.15) is 17.3 Å². The average molecular weight is 565 g/mol. The van der Waals surface area contributed by atoms with Crippen molar-refractivity contribution in [3.8, 4) is 28.6 Å². The van der Waals surface area contributed by atoms with Gasteiger partial charge in [0.15, 0.2) is 5.69 Å². The lowest BCUT2D eigenvalue weighted by Gasteiger charge is -2.19. The summed E-state index contributed by atoms with van der Waals surface area (Å²) < 4.78 is 9.79. The van der Waals surface area contributed by atoms with Crippen LogP contribution in [0.15, 0.2) is 97.3 Å². The minimum atomic E-state index is 0.0317. The summed E-state index contributed by atoms with van der Waals surface area (Å²) in [6, 6.07) is 28.7. The molecule has 0 radical (unpaired) electrons. The van der Waals surface area contributed by atoms with E-state index >= 15 is 0 Å². The molecule has 0 saturated carbocycles. The second-order valence-corrected chi connectivity index (χ2v) is 12.9. The molecule has 204 valence electrons. The number of ether oxygens (including phenoxy) is 1. The van der Waals surface area contributed by atoms with Gasteiger partial charge in [0.2, 0.25) is 0 Å². The zero-order chi connectivity index (χ0) is 29.0. The van der Waals surface area contributed by atoms with Crippen LogP contribution in [-0.4, -0.2) is 14.5 Å². The first-order valence-electron chi connectivity index (χ1n) is 13.8. The Morgan fingerprint density at radius 3 is 2.50 bits per heavy atom. The topological polar surface area (TPSA) is 44.3 Å². The summed E-state index contributed by atoms with van der Waals surface area (Å²) in [6.45, 7) is 16.5. The maximum absolute atomic E-state index is 7.71. The van der Waals surface area contributed by atoms with E-state index in [-0.39, 0.29) is 5.41 Å². The van der Waals surface area contributed by atoms with Gasteiger partial charge in [-0.2, -0.15) is 0 Å². The van der Waals surface area contributed by atoms with Crippen molar-refractivity contribution in [2.45, 2.75) is 33.1 Å². The molecule has 0 spiro atoms. The van der Waals surface area contributed by atoms with Crippen LogP contribution in [0.1, 0.15) is 31.2 Å². The summed E-state index contributed by atoms with van der Waals surface area (Å²) in [4.78, 5) is 14.3. The maximum atomic E-state index is 7.71. The van der Waals surface area contributed by atoms with Gasteiger partial charge in [-0.25, -0.2) is 9.83 Å². The molecule has 6 heteroatoms. The predicted octanol–water partition coefficient (Wildman–Crippen LogP) is 10.4. The van der Waals surface area contributed by atoms with Gasteiger partial charge in [0.25, 0.3) is 0 Å². The largest absolute Gasteiger partial charge is 0.459 e. The van der Waals surface area contributed by atoms with E-state index in [9.17, 15) is 0 Å². The molecule has 4 aromatic heterocycles. The molecule has 0 bridgehead atoms. The molecule has 3 aromatic carbocycles. The fourth-order valence-electron chi connectivity index (χ4n) is 5.49. The van der Waals surface area contributed by atoms with Gasteiger partial charge >= 0.3 is 0 Å². The van der Waals surface area contributed by atoms with Gasteiger partial charge < -0.3 is 4.74 Å². The first-order valence-corrected chi connectivity index (χ1v) is 14.7. The number of nitrogens with zero attached hydrogens (tertiary/aromatic N) is 4. The Morgan fingerprint density at radius 1 is 0.833 bits per heavy atom. The van der Waals surface area contributed by atoms with Crippen molar-refractivity contribution in [3.05, 3.63) is 119 Å². The SMILES string of the molecule is [C-]#[N+]c1cc(Oc2ccc3c4cc(C(C)(C)C)ccc4n(-c4ccccn4)c3c2)cc(-c2cc3cc(C)sc3cn2)c1. The molecule has 42 heavy (non-hydrogen) atoms. The standard InChI is InChI=1S/C36H28N4OS/c1-22-14-24-17-31(39-21-34(24)42-22)23-15-26(37-5)19-28(16-23)41-27-10-11-29-30-18-25(36(2,3)4)9-12-32(30)40(33(29)20-27)35-8-6-7-13-38-35/h6-21H,1-4H3. The fourth-order valence-corrected chi connectivity index (χ4v) is 6.36. The summed E-state index contributed by atoms with van der Waals surface area (Å²) in [5.74, 6) is 2.13. The molecule has 0 aliphatic carbocycles. The van der Waals surface area contributed by atoms with Gasteiger partial charge in [-0.1, -0.05) is 32.9 Å². The maximum Gasteiger partial charge on any atom is 0.191 e. The number of aromatic nitrogens is 3. The van der Waals surface area contributed by atoms with E-state index in [1.807, 2.05) is 48.8 Å². The monoisotopic (exact) mass is 564 g/mol. The Kier molecular flexibility index (Phi) is 6.07. The van der Waals surface area contributed by atoms with Crippen LogP contribution in [0.3, 0.4) is 0 Å². The number of benzene rings is 3. The van der Waals surface area contributed by atoms with Crippen LogP contribution < -0.4 is 4.74 Å². The van der Waals surface area contributed by atoms with Crippen molar-refractivity contribution in [2.75, 3.05) is 0 Å². The molecule has 5 nitrogen and oxygen atoms in total. The number of hydrogen-bond acceptors (Lipinski definition) is 4. The van der Waals surface area contributed by atoms with Crippen molar-refractivity contribution in [3.63, 3.8) is 0 Å². The number of fused-ring (bicyclic) bond motifs is 4. The smallest absolute Gasteiger partial charge is 0.191 e. The summed E-state index contributed by atoms with van der Waals surface area (Å²) in [7, 11) is 0. The molecule has 0 N–H and O–H groups in total.